The van der Waals surface area contributed by atoms with E-state index < -0.39 is 12.1 Å². The number of amides is 2. The fourth-order valence-corrected chi connectivity index (χ4v) is 6.21. The molecule has 3 fully saturated rings. The molecule has 1 aliphatic carbocycles. The second-order valence-electron chi connectivity index (χ2n) is 9.81. The number of hydrogen-bond donors (Lipinski definition) is 2. The van der Waals surface area contributed by atoms with Gasteiger partial charge in [-0.05, 0) is 61.8 Å². The van der Waals surface area contributed by atoms with Gasteiger partial charge in [0.2, 0.25) is 5.91 Å². The molecule has 0 radical (unpaired) electrons. The van der Waals surface area contributed by atoms with Gasteiger partial charge in [0, 0.05) is 38.8 Å². The SMILES string of the molecule is CCN1C[C@H]2C3(CCN(C(=O)c4cccc(OC)c4)CC3)CC[C@@]2(C(=O)NC)C1.O=C(O)C(F)(F)F. The molecule has 0 aromatic heterocycles. The van der Waals surface area contributed by atoms with Crippen LogP contribution < -0.4 is 10.1 Å². The Morgan fingerprint density at radius 3 is 2.33 bits per heavy atom. The third-order valence-electron chi connectivity index (χ3n) is 8.15. The van der Waals surface area contributed by atoms with Gasteiger partial charge in [-0.2, -0.15) is 13.2 Å². The molecule has 1 spiro atoms. The van der Waals surface area contributed by atoms with E-state index in [9.17, 15) is 22.8 Å². The Morgan fingerprint density at radius 1 is 1.17 bits per heavy atom. The fourth-order valence-electron chi connectivity index (χ4n) is 6.21. The second kappa shape index (κ2) is 10.7. The third-order valence-corrected chi connectivity index (χ3v) is 8.15. The van der Waals surface area contributed by atoms with Gasteiger partial charge >= 0.3 is 12.1 Å². The van der Waals surface area contributed by atoms with Crippen LogP contribution in [0, 0.1) is 16.7 Å². The van der Waals surface area contributed by atoms with Crippen molar-refractivity contribution in [3.8, 4) is 5.75 Å². The smallest absolute Gasteiger partial charge is 0.490 e. The first-order valence-electron chi connectivity index (χ1n) is 12.1. The van der Waals surface area contributed by atoms with Crippen molar-refractivity contribution < 1.29 is 37.4 Å². The number of carboxylic acids is 1. The zero-order valence-electron chi connectivity index (χ0n) is 20.9. The summed E-state index contributed by atoms with van der Waals surface area (Å²) in [6.07, 6.45) is -1.03. The molecule has 0 unspecified atom stereocenters. The van der Waals surface area contributed by atoms with E-state index >= 15 is 0 Å². The maximum atomic E-state index is 13.0. The van der Waals surface area contributed by atoms with E-state index in [0.29, 0.717) is 17.2 Å². The summed E-state index contributed by atoms with van der Waals surface area (Å²) in [6, 6.07) is 7.40. The van der Waals surface area contributed by atoms with Crippen LogP contribution in [0.5, 0.6) is 5.75 Å². The molecule has 4 rings (SSSR count). The largest absolute Gasteiger partial charge is 0.497 e. The van der Waals surface area contributed by atoms with Crippen molar-refractivity contribution in [3.63, 3.8) is 0 Å². The number of piperidine rings is 1. The lowest BCUT2D eigenvalue weighted by Gasteiger charge is -2.44. The molecule has 3 aliphatic rings. The molecule has 11 heteroatoms. The zero-order chi connectivity index (χ0) is 26.7. The number of carbonyl (C=O) groups is 3. The highest BCUT2D eigenvalue weighted by atomic mass is 19.4. The molecule has 1 saturated carbocycles. The zero-order valence-corrected chi connectivity index (χ0v) is 20.9. The highest BCUT2D eigenvalue weighted by Crippen LogP contribution is 2.62. The van der Waals surface area contributed by atoms with Crippen LogP contribution in [0.25, 0.3) is 0 Å². The lowest BCUT2D eigenvalue weighted by molar-refractivity contribution is -0.192. The number of rotatable bonds is 4. The second-order valence-corrected chi connectivity index (χ2v) is 9.81. The average Bonchev–Trinajstić information content (AvgIpc) is 3.40. The van der Waals surface area contributed by atoms with E-state index in [-0.39, 0.29) is 22.6 Å². The van der Waals surface area contributed by atoms with Crippen molar-refractivity contribution in [1.82, 2.24) is 15.1 Å². The molecule has 2 atom stereocenters. The van der Waals surface area contributed by atoms with Crippen LogP contribution in [0.4, 0.5) is 13.2 Å². The maximum absolute atomic E-state index is 13.0. The molecule has 2 N–H and O–H groups in total. The van der Waals surface area contributed by atoms with E-state index in [1.165, 1.54) is 0 Å². The molecule has 8 nitrogen and oxygen atoms in total. The normalized spacial score (nSPS) is 25.1. The molecular formula is C25H34F3N3O5. The van der Waals surface area contributed by atoms with E-state index in [4.69, 9.17) is 14.6 Å². The van der Waals surface area contributed by atoms with Gasteiger partial charge in [0.15, 0.2) is 0 Å². The van der Waals surface area contributed by atoms with E-state index in [1.807, 2.05) is 29.2 Å². The minimum Gasteiger partial charge on any atom is -0.497 e. The van der Waals surface area contributed by atoms with Crippen LogP contribution in [0.3, 0.4) is 0 Å². The Bertz CT molecular complexity index is 978. The van der Waals surface area contributed by atoms with Gasteiger partial charge in [-0.25, -0.2) is 4.79 Å². The van der Waals surface area contributed by atoms with Crippen LogP contribution in [0.15, 0.2) is 24.3 Å². The molecule has 2 aliphatic heterocycles. The number of halogens is 3. The minimum atomic E-state index is -5.08. The molecule has 1 aromatic rings. The lowest BCUT2D eigenvalue weighted by atomic mass is 9.65. The van der Waals surface area contributed by atoms with Gasteiger partial charge < -0.3 is 25.0 Å². The monoisotopic (exact) mass is 513 g/mol. The summed E-state index contributed by atoms with van der Waals surface area (Å²) in [5.74, 6) is -1.36. The highest BCUT2D eigenvalue weighted by molar-refractivity contribution is 5.94. The van der Waals surface area contributed by atoms with Gasteiger partial charge in [0.05, 0.1) is 12.5 Å². The molecular weight excluding hydrogens is 479 g/mol. The minimum absolute atomic E-state index is 0.0796. The summed E-state index contributed by atoms with van der Waals surface area (Å²) in [4.78, 5) is 39.2. The molecule has 36 heavy (non-hydrogen) atoms. The summed E-state index contributed by atoms with van der Waals surface area (Å²) in [6.45, 7) is 6.59. The maximum Gasteiger partial charge on any atom is 0.490 e. The summed E-state index contributed by atoms with van der Waals surface area (Å²) in [7, 11) is 3.39. The number of hydrogen-bond acceptors (Lipinski definition) is 5. The topological polar surface area (TPSA) is 99.2 Å². The predicted octanol–water partition coefficient (Wildman–Crippen LogP) is 3.03. The number of methoxy groups -OCH3 is 1. The number of ether oxygens (including phenoxy) is 1. The number of carboxylic acid groups (broad SMARTS) is 1. The number of alkyl halides is 3. The van der Waals surface area contributed by atoms with Crippen molar-refractivity contribution in [2.24, 2.45) is 16.7 Å². The number of nitrogens with zero attached hydrogens (tertiary/aromatic N) is 2. The van der Waals surface area contributed by atoms with Crippen molar-refractivity contribution >= 4 is 17.8 Å². The van der Waals surface area contributed by atoms with Gasteiger partial charge in [-0.3, -0.25) is 9.59 Å². The van der Waals surface area contributed by atoms with Gasteiger partial charge in [0.25, 0.3) is 5.91 Å². The third kappa shape index (κ3) is 5.30. The van der Waals surface area contributed by atoms with Gasteiger partial charge in [0.1, 0.15) is 5.75 Å². The Kier molecular flexibility index (Phi) is 8.22. The standard InChI is InChI=1S/C23H33N3O3.C2HF3O2/c1-4-25-15-19-22(8-9-23(19,16-25)21(28)24-2)10-12-26(13-11-22)20(27)17-6-5-7-18(14-17)29-3;3-2(4,5)1(6)7/h5-7,14,19H,4,8-13,15-16H2,1-3H3,(H,24,28);(H,6,7)/t19-,23+;/m0./s1. The summed E-state index contributed by atoms with van der Waals surface area (Å²) in [5, 5.41) is 10.1. The predicted molar refractivity (Wildman–Crippen MR) is 126 cm³/mol. The van der Waals surface area contributed by atoms with Crippen molar-refractivity contribution in [2.75, 3.05) is 46.9 Å². The molecule has 200 valence electrons. The molecule has 1 aromatic carbocycles. The van der Waals surface area contributed by atoms with Crippen LogP contribution in [-0.2, 0) is 9.59 Å². The van der Waals surface area contributed by atoms with Crippen molar-refractivity contribution in [3.05, 3.63) is 29.8 Å². The Labute approximate surface area is 208 Å². The van der Waals surface area contributed by atoms with Gasteiger partial charge in [-0.15, -0.1) is 0 Å². The van der Waals surface area contributed by atoms with E-state index in [1.54, 1.807) is 14.2 Å². The molecule has 2 heterocycles. The van der Waals surface area contributed by atoms with E-state index in [2.05, 4.69) is 17.1 Å². The van der Waals surface area contributed by atoms with Gasteiger partial charge in [-0.1, -0.05) is 13.0 Å². The number of benzene rings is 1. The number of fused-ring (bicyclic) bond motifs is 2. The first-order valence-corrected chi connectivity index (χ1v) is 12.1. The van der Waals surface area contributed by atoms with Crippen LogP contribution in [-0.4, -0.2) is 85.7 Å². The Balaban J connectivity index is 0.000000454. The summed E-state index contributed by atoms with van der Waals surface area (Å²) >= 11 is 0. The van der Waals surface area contributed by atoms with Crippen LogP contribution in [0.2, 0.25) is 0 Å². The fraction of sp³-hybridized carbons (Fsp3) is 0.640. The average molecular weight is 514 g/mol. The Hall–Kier alpha value is -2.82. The molecule has 2 amide bonds. The van der Waals surface area contributed by atoms with E-state index in [0.717, 1.165) is 58.4 Å². The van der Waals surface area contributed by atoms with Crippen LogP contribution >= 0.6 is 0 Å². The lowest BCUT2D eigenvalue weighted by Crippen LogP contribution is -2.49. The number of nitrogens with one attached hydrogen (secondary N) is 1. The quantitative estimate of drug-likeness (QED) is 0.642. The number of carbonyl (C=O) groups excluding carboxylic acids is 2. The molecule has 0 bridgehead atoms. The number of likely N-dealkylation sites (tertiary alicyclic amines) is 2. The van der Waals surface area contributed by atoms with Crippen LogP contribution in [0.1, 0.15) is 43.0 Å². The number of aliphatic carboxylic acids is 1. The highest BCUT2D eigenvalue weighted by Gasteiger charge is 2.63. The summed E-state index contributed by atoms with van der Waals surface area (Å²) in [5.41, 5.74) is 0.621. The van der Waals surface area contributed by atoms with Crippen molar-refractivity contribution in [2.45, 2.75) is 38.8 Å². The first-order chi connectivity index (χ1) is 16.9. The summed E-state index contributed by atoms with van der Waals surface area (Å²) < 4.78 is 37.0. The van der Waals surface area contributed by atoms with Crippen molar-refractivity contribution in [1.29, 1.82) is 0 Å². The Morgan fingerprint density at radius 2 is 1.81 bits per heavy atom. The molecule has 2 saturated heterocycles. The first kappa shape index (κ1) is 27.8.